The van der Waals surface area contributed by atoms with Crippen molar-refractivity contribution in [1.29, 1.82) is 0 Å². The van der Waals surface area contributed by atoms with Crippen LogP contribution in [0.25, 0.3) is 0 Å². The van der Waals surface area contributed by atoms with E-state index < -0.39 is 30.5 Å². The summed E-state index contributed by atoms with van der Waals surface area (Å²) in [5.74, 6) is 0.348. The Morgan fingerprint density at radius 1 is 1.07 bits per heavy atom. The fourth-order valence-electron chi connectivity index (χ4n) is 3.32. The minimum absolute atomic E-state index is 0.0137. The summed E-state index contributed by atoms with van der Waals surface area (Å²) in [5.41, 5.74) is 2.29. The summed E-state index contributed by atoms with van der Waals surface area (Å²) in [6, 6.07) is 15.0. The van der Waals surface area contributed by atoms with E-state index in [1.807, 2.05) is 37.3 Å². The van der Waals surface area contributed by atoms with E-state index in [-0.39, 0.29) is 12.5 Å². The molecule has 1 heterocycles. The van der Waals surface area contributed by atoms with Gasteiger partial charge in [0.05, 0.1) is 6.10 Å². The molecular weight excluding hydrogens is 374 g/mol. The highest BCUT2D eigenvalue weighted by atomic mass is 16.5. The zero-order valence-electron chi connectivity index (χ0n) is 16.5. The van der Waals surface area contributed by atoms with Crippen LogP contribution in [0, 0.1) is 6.92 Å². The van der Waals surface area contributed by atoms with Gasteiger partial charge in [-0.2, -0.15) is 0 Å². The van der Waals surface area contributed by atoms with Gasteiger partial charge in [0, 0.05) is 12.1 Å². The third kappa shape index (κ3) is 5.13. The molecule has 0 aromatic heterocycles. The fourth-order valence-corrected chi connectivity index (χ4v) is 3.32. The molecule has 2 aromatic carbocycles. The van der Waals surface area contributed by atoms with Crippen molar-refractivity contribution >= 4 is 5.91 Å². The minimum Gasteiger partial charge on any atom is -0.489 e. The van der Waals surface area contributed by atoms with E-state index in [1.54, 1.807) is 25.1 Å². The first-order valence-electron chi connectivity index (χ1n) is 9.62. The van der Waals surface area contributed by atoms with E-state index in [4.69, 9.17) is 9.47 Å². The van der Waals surface area contributed by atoms with E-state index in [0.29, 0.717) is 17.9 Å². The number of nitrogens with one attached hydrogen (secondary N) is 1. The second kappa shape index (κ2) is 9.37. The Morgan fingerprint density at radius 3 is 2.48 bits per heavy atom. The zero-order chi connectivity index (χ0) is 21.0. The van der Waals surface area contributed by atoms with Crippen LogP contribution in [0.4, 0.5) is 0 Å². The third-order valence-electron chi connectivity index (χ3n) is 5.11. The highest BCUT2D eigenvalue weighted by molar-refractivity contribution is 5.95. The third-order valence-corrected chi connectivity index (χ3v) is 5.11. The maximum Gasteiger partial charge on any atom is 0.251 e. The molecule has 4 N–H and O–H groups in total. The van der Waals surface area contributed by atoms with Gasteiger partial charge in [0.25, 0.3) is 5.91 Å². The quantitative estimate of drug-likeness (QED) is 0.579. The Kier molecular flexibility index (Phi) is 6.87. The molecule has 0 bridgehead atoms. The molecule has 156 valence electrons. The summed E-state index contributed by atoms with van der Waals surface area (Å²) < 4.78 is 11.3. The molecule has 0 saturated carbocycles. The SMILES string of the molecule is Cc1cc(OCc2ccccc2)ccc1C(=O)NC[C@H]1OC(C)[C@H](O)[C@@H](O)[C@H]1O. The van der Waals surface area contributed by atoms with Gasteiger partial charge in [0.15, 0.2) is 0 Å². The lowest BCUT2D eigenvalue weighted by molar-refractivity contribution is -0.214. The Hall–Kier alpha value is -2.45. The van der Waals surface area contributed by atoms with Crippen molar-refractivity contribution in [1.82, 2.24) is 5.32 Å². The molecule has 1 aliphatic heterocycles. The number of hydrogen-bond donors (Lipinski definition) is 4. The minimum atomic E-state index is -1.32. The molecule has 3 rings (SSSR count). The van der Waals surface area contributed by atoms with Crippen LogP contribution in [0.3, 0.4) is 0 Å². The van der Waals surface area contributed by atoms with Gasteiger partial charge in [-0.25, -0.2) is 0 Å². The standard InChI is InChI=1S/C22H27NO6/c1-13-10-16(28-12-15-6-4-3-5-7-15)8-9-17(13)22(27)23-11-18-20(25)21(26)19(24)14(2)29-18/h3-10,14,18-21,24-26H,11-12H2,1-2H3,(H,23,27)/t14?,18-,19+,20+,21-/m1/s1. The molecule has 1 saturated heterocycles. The van der Waals surface area contributed by atoms with Crippen molar-refractivity contribution in [2.45, 2.75) is 51.0 Å². The smallest absolute Gasteiger partial charge is 0.251 e. The van der Waals surface area contributed by atoms with Crippen molar-refractivity contribution < 1.29 is 29.6 Å². The highest BCUT2D eigenvalue weighted by Gasteiger charge is 2.41. The van der Waals surface area contributed by atoms with Crippen molar-refractivity contribution in [3.63, 3.8) is 0 Å². The summed E-state index contributed by atoms with van der Waals surface area (Å²) in [5, 5.41) is 32.4. The molecule has 2 aromatic rings. The number of aliphatic hydroxyl groups is 3. The first-order chi connectivity index (χ1) is 13.9. The van der Waals surface area contributed by atoms with Crippen molar-refractivity contribution in [2.24, 2.45) is 0 Å². The van der Waals surface area contributed by atoms with Crippen LogP contribution in [0.1, 0.15) is 28.4 Å². The number of benzene rings is 2. The second-order valence-corrected chi connectivity index (χ2v) is 7.31. The van der Waals surface area contributed by atoms with Gasteiger partial charge in [-0.15, -0.1) is 0 Å². The summed E-state index contributed by atoms with van der Waals surface area (Å²) in [6.07, 6.45) is -5.21. The predicted molar refractivity (Wildman–Crippen MR) is 107 cm³/mol. The Balaban J connectivity index is 1.57. The van der Waals surface area contributed by atoms with Crippen LogP contribution in [0.5, 0.6) is 5.75 Å². The lowest BCUT2D eigenvalue weighted by atomic mass is 9.95. The predicted octanol–water partition coefficient (Wildman–Crippen LogP) is 1.17. The normalized spacial score (nSPS) is 26.7. The lowest BCUT2D eigenvalue weighted by Gasteiger charge is -2.39. The molecular formula is C22H27NO6. The number of rotatable bonds is 6. The molecule has 0 aliphatic carbocycles. The number of ether oxygens (including phenoxy) is 2. The average molecular weight is 401 g/mol. The van der Waals surface area contributed by atoms with Crippen LogP contribution < -0.4 is 10.1 Å². The second-order valence-electron chi connectivity index (χ2n) is 7.31. The van der Waals surface area contributed by atoms with E-state index in [0.717, 1.165) is 11.1 Å². The van der Waals surface area contributed by atoms with E-state index in [1.165, 1.54) is 0 Å². The molecule has 0 spiro atoms. The monoisotopic (exact) mass is 401 g/mol. The van der Waals surface area contributed by atoms with Crippen LogP contribution in [0.15, 0.2) is 48.5 Å². The molecule has 7 nitrogen and oxygen atoms in total. The number of amides is 1. The molecule has 0 radical (unpaired) electrons. The maximum absolute atomic E-state index is 12.5. The van der Waals surface area contributed by atoms with Crippen LogP contribution in [0.2, 0.25) is 0 Å². The van der Waals surface area contributed by atoms with Crippen LogP contribution in [-0.2, 0) is 11.3 Å². The van der Waals surface area contributed by atoms with Gasteiger partial charge < -0.3 is 30.1 Å². The van der Waals surface area contributed by atoms with Crippen molar-refractivity contribution in [3.8, 4) is 5.75 Å². The van der Waals surface area contributed by atoms with E-state index >= 15 is 0 Å². The summed E-state index contributed by atoms with van der Waals surface area (Å²) >= 11 is 0. The largest absolute Gasteiger partial charge is 0.489 e. The maximum atomic E-state index is 12.5. The molecule has 5 atom stereocenters. The zero-order valence-corrected chi connectivity index (χ0v) is 16.5. The Morgan fingerprint density at radius 2 is 1.79 bits per heavy atom. The number of carbonyl (C=O) groups excluding carboxylic acids is 1. The summed E-state index contributed by atoms with van der Waals surface area (Å²) in [4.78, 5) is 12.5. The van der Waals surface area contributed by atoms with Gasteiger partial charge in [0.1, 0.15) is 36.8 Å². The van der Waals surface area contributed by atoms with Gasteiger partial charge in [0.2, 0.25) is 0 Å². The summed E-state index contributed by atoms with van der Waals surface area (Å²) in [6.45, 7) is 3.88. The van der Waals surface area contributed by atoms with Gasteiger partial charge in [-0.05, 0) is 43.2 Å². The number of carbonyl (C=O) groups is 1. The van der Waals surface area contributed by atoms with Crippen molar-refractivity contribution in [3.05, 3.63) is 65.2 Å². The van der Waals surface area contributed by atoms with Gasteiger partial charge in [-0.1, -0.05) is 30.3 Å². The van der Waals surface area contributed by atoms with E-state index in [9.17, 15) is 20.1 Å². The molecule has 1 amide bonds. The molecule has 1 unspecified atom stereocenters. The van der Waals surface area contributed by atoms with Crippen LogP contribution in [-0.4, -0.2) is 58.3 Å². The highest BCUT2D eigenvalue weighted by Crippen LogP contribution is 2.21. The molecule has 1 fully saturated rings. The van der Waals surface area contributed by atoms with E-state index in [2.05, 4.69) is 5.32 Å². The molecule has 29 heavy (non-hydrogen) atoms. The van der Waals surface area contributed by atoms with Crippen LogP contribution >= 0.6 is 0 Å². The number of aliphatic hydroxyl groups excluding tert-OH is 3. The fraction of sp³-hybridized carbons (Fsp3) is 0.409. The Labute approximate surface area is 169 Å². The number of hydrogen-bond acceptors (Lipinski definition) is 6. The average Bonchev–Trinajstić information content (AvgIpc) is 2.73. The first-order valence-corrected chi connectivity index (χ1v) is 9.62. The Bertz CT molecular complexity index is 827. The van der Waals surface area contributed by atoms with Gasteiger partial charge >= 0.3 is 0 Å². The topological polar surface area (TPSA) is 108 Å². The number of aryl methyl sites for hydroxylation is 1. The lowest BCUT2D eigenvalue weighted by Crippen LogP contribution is -2.59. The first kappa shape index (κ1) is 21.3. The summed E-state index contributed by atoms with van der Waals surface area (Å²) in [7, 11) is 0. The molecule has 7 heteroatoms. The van der Waals surface area contributed by atoms with Gasteiger partial charge in [-0.3, -0.25) is 4.79 Å². The van der Waals surface area contributed by atoms with Crippen molar-refractivity contribution in [2.75, 3.05) is 6.54 Å². The molecule has 1 aliphatic rings.